The lowest BCUT2D eigenvalue weighted by Gasteiger charge is -2.13. The second-order valence-electron chi connectivity index (χ2n) is 4.65. The van der Waals surface area contributed by atoms with E-state index < -0.39 is 6.10 Å². The van der Waals surface area contributed by atoms with Crippen molar-refractivity contribution in [1.29, 1.82) is 0 Å². The Morgan fingerprint density at radius 3 is 2.48 bits per heavy atom. The van der Waals surface area contributed by atoms with Crippen LogP contribution in [-0.4, -0.2) is 24.4 Å². The smallest absolute Gasteiger partial charge is 0.0945 e. The number of nitrogens with one attached hydrogen (secondary N) is 1. The zero-order valence-electron chi connectivity index (χ0n) is 11.4. The molecule has 0 heterocycles. The van der Waals surface area contributed by atoms with Crippen molar-refractivity contribution in [3.63, 3.8) is 0 Å². The minimum Gasteiger partial charge on any atom is -0.389 e. The molecule has 0 radical (unpaired) electrons. The van der Waals surface area contributed by atoms with Crippen LogP contribution >= 0.6 is 23.2 Å². The van der Waals surface area contributed by atoms with E-state index >= 15 is 0 Å². The van der Waals surface area contributed by atoms with Crippen LogP contribution in [0.1, 0.15) is 5.56 Å². The highest BCUT2D eigenvalue weighted by molar-refractivity contribution is 6.31. The Bertz CT molecular complexity index is 560. The van der Waals surface area contributed by atoms with Crippen molar-refractivity contribution in [2.24, 2.45) is 0 Å². The van der Waals surface area contributed by atoms with Crippen LogP contribution in [0, 0.1) is 0 Å². The molecule has 0 aromatic heterocycles. The summed E-state index contributed by atoms with van der Waals surface area (Å²) in [4.78, 5) is 0. The molecule has 0 aliphatic heterocycles. The van der Waals surface area contributed by atoms with Crippen LogP contribution in [0.5, 0.6) is 0 Å². The topological polar surface area (TPSA) is 41.5 Å². The normalized spacial score (nSPS) is 12.1. The van der Waals surface area contributed by atoms with Gasteiger partial charge in [-0.05, 0) is 35.9 Å². The third-order valence-electron chi connectivity index (χ3n) is 2.91. The summed E-state index contributed by atoms with van der Waals surface area (Å²) in [6.45, 7) is 1.04. The third-order valence-corrected chi connectivity index (χ3v) is 3.53. The van der Waals surface area contributed by atoms with Gasteiger partial charge in [0.05, 0.1) is 19.3 Å². The molecule has 2 N–H and O–H groups in total. The zero-order valence-corrected chi connectivity index (χ0v) is 12.9. The first-order valence-corrected chi connectivity index (χ1v) is 7.39. The summed E-state index contributed by atoms with van der Waals surface area (Å²) in [5.74, 6) is 0. The summed E-state index contributed by atoms with van der Waals surface area (Å²) in [7, 11) is 0. The maximum absolute atomic E-state index is 9.87. The van der Waals surface area contributed by atoms with Crippen molar-refractivity contribution in [1.82, 2.24) is 0 Å². The molecule has 0 spiro atoms. The standard InChI is InChI=1S/C16H17Cl2NO2/c17-13-5-7-14(8-6-13)19-9-15(20)11-21-10-12-3-1-2-4-16(12)18/h1-8,15,19-20H,9-11H2. The second-order valence-corrected chi connectivity index (χ2v) is 5.49. The van der Waals surface area contributed by atoms with Gasteiger partial charge in [-0.25, -0.2) is 0 Å². The van der Waals surface area contributed by atoms with Crippen LogP contribution in [-0.2, 0) is 11.3 Å². The fourth-order valence-corrected chi connectivity index (χ4v) is 2.10. The summed E-state index contributed by atoms with van der Waals surface area (Å²) in [6.07, 6.45) is -0.594. The summed E-state index contributed by atoms with van der Waals surface area (Å²) < 4.78 is 5.47. The van der Waals surface area contributed by atoms with Gasteiger partial charge in [-0.3, -0.25) is 0 Å². The van der Waals surface area contributed by atoms with Crippen molar-refractivity contribution in [2.75, 3.05) is 18.5 Å². The number of ether oxygens (including phenoxy) is 1. The molecule has 1 atom stereocenters. The lowest BCUT2D eigenvalue weighted by molar-refractivity contribution is 0.0348. The van der Waals surface area contributed by atoms with Crippen LogP contribution in [0.15, 0.2) is 48.5 Å². The van der Waals surface area contributed by atoms with Gasteiger partial charge in [0.15, 0.2) is 0 Å². The van der Waals surface area contributed by atoms with Crippen LogP contribution < -0.4 is 5.32 Å². The molecule has 112 valence electrons. The van der Waals surface area contributed by atoms with E-state index in [0.717, 1.165) is 11.3 Å². The first-order valence-electron chi connectivity index (χ1n) is 6.64. The van der Waals surface area contributed by atoms with Crippen LogP contribution in [0.25, 0.3) is 0 Å². The molecule has 0 bridgehead atoms. The van der Waals surface area contributed by atoms with Crippen molar-refractivity contribution in [3.05, 3.63) is 64.1 Å². The number of benzene rings is 2. The van der Waals surface area contributed by atoms with Gasteiger partial charge < -0.3 is 15.2 Å². The van der Waals surface area contributed by atoms with Crippen molar-refractivity contribution >= 4 is 28.9 Å². The summed E-state index contributed by atoms with van der Waals surface area (Å²) in [6, 6.07) is 14.8. The SMILES string of the molecule is OC(CNc1ccc(Cl)cc1)COCc1ccccc1Cl. The molecule has 2 aromatic carbocycles. The highest BCUT2D eigenvalue weighted by Gasteiger charge is 2.05. The molecule has 0 aliphatic rings. The molecule has 0 aliphatic carbocycles. The van der Waals surface area contributed by atoms with Gasteiger partial charge in [0.25, 0.3) is 0 Å². The largest absolute Gasteiger partial charge is 0.389 e. The Labute approximate surface area is 134 Å². The highest BCUT2D eigenvalue weighted by atomic mass is 35.5. The molecule has 2 rings (SSSR count). The molecule has 0 saturated carbocycles. The van der Waals surface area contributed by atoms with Gasteiger partial charge in [0, 0.05) is 22.3 Å². The average molecular weight is 326 g/mol. The fraction of sp³-hybridized carbons (Fsp3) is 0.250. The molecule has 2 aromatic rings. The molecule has 5 heteroatoms. The van der Waals surface area contributed by atoms with E-state index in [-0.39, 0.29) is 6.61 Å². The summed E-state index contributed by atoms with van der Waals surface area (Å²) in [5, 5.41) is 14.3. The quantitative estimate of drug-likeness (QED) is 0.808. The molecule has 21 heavy (non-hydrogen) atoms. The monoisotopic (exact) mass is 325 g/mol. The first kappa shape index (κ1) is 16.1. The predicted octanol–water partition coefficient (Wildman–Crippen LogP) is 3.98. The number of aliphatic hydroxyl groups is 1. The Hall–Kier alpha value is -1.26. The van der Waals surface area contributed by atoms with Crippen LogP contribution in [0.2, 0.25) is 10.0 Å². The van der Waals surface area contributed by atoms with E-state index in [4.69, 9.17) is 27.9 Å². The van der Waals surface area contributed by atoms with Crippen molar-refractivity contribution in [3.8, 4) is 0 Å². The Kier molecular flexibility index (Phi) is 6.33. The number of hydrogen-bond acceptors (Lipinski definition) is 3. The van der Waals surface area contributed by atoms with Crippen LogP contribution in [0.3, 0.4) is 0 Å². The molecule has 0 saturated heterocycles. The lowest BCUT2D eigenvalue weighted by Crippen LogP contribution is -2.24. The van der Waals surface area contributed by atoms with Gasteiger partial charge in [-0.2, -0.15) is 0 Å². The number of aliphatic hydroxyl groups excluding tert-OH is 1. The molecular weight excluding hydrogens is 309 g/mol. The van der Waals surface area contributed by atoms with Crippen molar-refractivity contribution < 1.29 is 9.84 Å². The summed E-state index contributed by atoms with van der Waals surface area (Å²) >= 11 is 11.8. The summed E-state index contributed by atoms with van der Waals surface area (Å²) in [5.41, 5.74) is 1.82. The first-order chi connectivity index (χ1) is 10.1. The van der Waals surface area contributed by atoms with E-state index in [1.54, 1.807) is 12.1 Å². The average Bonchev–Trinajstić information content (AvgIpc) is 2.49. The number of hydrogen-bond donors (Lipinski definition) is 2. The molecule has 0 fully saturated rings. The minimum absolute atomic E-state index is 0.242. The fourth-order valence-electron chi connectivity index (χ4n) is 1.78. The molecule has 3 nitrogen and oxygen atoms in total. The minimum atomic E-state index is -0.594. The highest BCUT2D eigenvalue weighted by Crippen LogP contribution is 2.16. The van der Waals surface area contributed by atoms with E-state index in [2.05, 4.69) is 5.32 Å². The molecule has 1 unspecified atom stereocenters. The van der Waals surface area contributed by atoms with Crippen molar-refractivity contribution in [2.45, 2.75) is 12.7 Å². The predicted molar refractivity (Wildman–Crippen MR) is 87.1 cm³/mol. The Morgan fingerprint density at radius 2 is 1.76 bits per heavy atom. The van der Waals surface area contributed by atoms with Gasteiger partial charge >= 0.3 is 0 Å². The van der Waals surface area contributed by atoms with Gasteiger partial charge in [0.2, 0.25) is 0 Å². The number of rotatable bonds is 7. The Morgan fingerprint density at radius 1 is 1.05 bits per heavy atom. The lowest BCUT2D eigenvalue weighted by atomic mass is 10.2. The maximum Gasteiger partial charge on any atom is 0.0945 e. The Balaban J connectivity index is 1.69. The van der Waals surface area contributed by atoms with Gasteiger partial charge in [-0.1, -0.05) is 41.4 Å². The number of anilines is 1. The molecular formula is C16H17Cl2NO2. The van der Waals surface area contributed by atoms with E-state index in [9.17, 15) is 5.11 Å². The van der Waals surface area contributed by atoms with Gasteiger partial charge in [-0.15, -0.1) is 0 Å². The van der Waals surface area contributed by atoms with E-state index in [0.29, 0.717) is 23.2 Å². The van der Waals surface area contributed by atoms with Crippen LogP contribution in [0.4, 0.5) is 5.69 Å². The third kappa shape index (κ3) is 5.56. The van der Waals surface area contributed by atoms with E-state index in [1.165, 1.54) is 0 Å². The van der Waals surface area contributed by atoms with Gasteiger partial charge in [0.1, 0.15) is 0 Å². The number of halogens is 2. The molecule has 0 amide bonds. The second kappa shape index (κ2) is 8.25. The van der Waals surface area contributed by atoms with E-state index in [1.807, 2.05) is 36.4 Å². The maximum atomic E-state index is 9.87. The zero-order chi connectivity index (χ0) is 15.1.